The second-order valence-electron chi connectivity index (χ2n) is 3.87. The second kappa shape index (κ2) is 4.46. The molecule has 2 N–H and O–H groups in total. The molecule has 0 aliphatic heterocycles. The Bertz CT molecular complexity index is 279. The van der Waals surface area contributed by atoms with Crippen molar-refractivity contribution in [1.82, 2.24) is 9.55 Å². The number of nitrogens with two attached hydrogens (primary N) is 1. The Labute approximate surface area is 84.1 Å². The van der Waals surface area contributed by atoms with Crippen LogP contribution in [0.15, 0.2) is 12.5 Å². The van der Waals surface area contributed by atoms with Crippen LogP contribution in [0.2, 0.25) is 0 Å². The summed E-state index contributed by atoms with van der Waals surface area (Å²) in [4.78, 5) is 3.94. The zero-order valence-electron chi connectivity index (χ0n) is 8.35. The van der Waals surface area contributed by atoms with Crippen molar-refractivity contribution in [1.29, 1.82) is 0 Å². The van der Waals surface area contributed by atoms with Gasteiger partial charge in [-0.25, -0.2) is 4.98 Å². The van der Waals surface area contributed by atoms with Gasteiger partial charge in [-0.15, -0.1) is 0 Å². The van der Waals surface area contributed by atoms with E-state index in [1.165, 1.54) is 32.1 Å². The molecule has 4 nitrogen and oxygen atoms in total. The minimum absolute atomic E-state index is 0.437. The van der Waals surface area contributed by atoms with Gasteiger partial charge in [-0.05, 0) is 12.8 Å². The zero-order chi connectivity index (χ0) is 9.80. The highest BCUT2D eigenvalue weighted by Crippen LogP contribution is 2.20. The molecule has 14 heavy (non-hydrogen) atoms. The summed E-state index contributed by atoms with van der Waals surface area (Å²) < 4.78 is 7.63. The Morgan fingerprint density at radius 3 is 2.86 bits per heavy atom. The number of aromatic nitrogens is 2. The Kier molecular flexibility index (Phi) is 3.03. The summed E-state index contributed by atoms with van der Waals surface area (Å²) in [6, 6.07) is 0. The largest absolute Gasteiger partial charge is 0.382 e. The first-order chi connectivity index (χ1) is 6.84. The summed E-state index contributed by atoms with van der Waals surface area (Å²) in [6.07, 6.45) is 10.3. The number of hydrogen-bond acceptors (Lipinski definition) is 3. The fraction of sp³-hybridized carbons (Fsp3) is 0.700. The third-order valence-electron chi connectivity index (χ3n) is 2.66. The molecular weight excluding hydrogens is 178 g/mol. The predicted molar refractivity (Wildman–Crippen MR) is 54.6 cm³/mol. The summed E-state index contributed by atoms with van der Waals surface area (Å²) in [5.41, 5.74) is 5.50. The molecule has 0 aromatic carbocycles. The van der Waals surface area contributed by atoms with E-state index in [-0.39, 0.29) is 0 Å². The van der Waals surface area contributed by atoms with Gasteiger partial charge in [-0.2, -0.15) is 0 Å². The van der Waals surface area contributed by atoms with E-state index in [4.69, 9.17) is 10.5 Å². The normalized spacial score (nSPS) is 18.6. The molecule has 0 atom stereocenters. The minimum Gasteiger partial charge on any atom is -0.382 e. The first-order valence-corrected chi connectivity index (χ1v) is 5.23. The van der Waals surface area contributed by atoms with E-state index in [1.54, 1.807) is 12.5 Å². The number of nitrogen functional groups attached to an aromatic ring is 1. The maximum absolute atomic E-state index is 5.75. The number of nitrogens with zero attached hydrogens (tertiary/aromatic N) is 2. The lowest BCUT2D eigenvalue weighted by Crippen LogP contribution is -2.17. The maximum atomic E-state index is 5.75. The van der Waals surface area contributed by atoms with Crippen molar-refractivity contribution in [2.24, 2.45) is 0 Å². The van der Waals surface area contributed by atoms with Crippen LogP contribution < -0.4 is 5.73 Å². The van der Waals surface area contributed by atoms with Crippen LogP contribution in [0.5, 0.6) is 0 Å². The van der Waals surface area contributed by atoms with Crippen LogP contribution in [-0.2, 0) is 11.5 Å². The van der Waals surface area contributed by atoms with E-state index in [0.717, 1.165) is 0 Å². The molecule has 1 aliphatic rings. The number of rotatable bonds is 3. The molecule has 2 rings (SSSR count). The quantitative estimate of drug-likeness (QED) is 0.799. The third-order valence-corrected chi connectivity index (χ3v) is 2.66. The van der Waals surface area contributed by atoms with Crippen molar-refractivity contribution in [3.63, 3.8) is 0 Å². The van der Waals surface area contributed by atoms with Crippen molar-refractivity contribution >= 4 is 5.82 Å². The Balaban J connectivity index is 1.76. The maximum Gasteiger partial charge on any atom is 0.141 e. The average Bonchev–Trinajstić information content (AvgIpc) is 2.63. The summed E-state index contributed by atoms with van der Waals surface area (Å²) in [6.45, 7) is 0.578. The first-order valence-electron chi connectivity index (χ1n) is 5.23. The smallest absolute Gasteiger partial charge is 0.141 e. The van der Waals surface area contributed by atoms with E-state index in [2.05, 4.69) is 4.98 Å². The number of imidazole rings is 1. The molecule has 4 heteroatoms. The van der Waals surface area contributed by atoms with E-state index in [0.29, 0.717) is 18.7 Å². The SMILES string of the molecule is Nc1cn(COC2CCCCC2)cn1. The molecule has 1 aliphatic carbocycles. The molecule has 78 valence electrons. The molecule has 1 aromatic heterocycles. The Hall–Kier alpha value is -1.03. The van der Waals surface area contributed by atoms with Crippen molar-refractivity contribution in [2.75, 3.05) is 5.73 Å². The Morgan fingerprint density at radius 2 is 2.21 bits per heavy atom. The predicted octanol–water partition coefficient (Wildman–Crippen LogP) is 1.77. The molecule has 1 aromatic rings. The van der Waals surface area contributed by atoms with Crippen LogP contribution >= 0.6 is 0 Å². The van der Waals surface area contributed by atoms with Gasteiger partial charge in [0.15, 0.2) is 0 Å². The van der Waals surface area contributed by atoms with Gasteiger partial charge in [0.05, 0.1) is 12.4 Å². The van der Waals surface area contributed by atoms with Gasteiger partial charge in [-0.1, -0.05) is 19.3 Å². The topological polar surface area (TPSA) is 53.1 Å². The molecule has 0 radical (unpaired) electrons. The lowest BCUT2D eigenvalue weighted by Gasteiger charge is -2.21. The van der Waals surface area contributed by atoms with Crippen molar-refractivity contribution in [2.45, 2.75) is 44.9 Å². The van der Waals surface area contributed by atoms with Crippen molar-refractivity contribution in [3.8, 4) is 0 Å². The lowest BCUT2D eigenvalue weighted by molar-refractivity contribution is -0.0126. The minimum atomic E-state index is 0.437. The molecule has 1 fully saturated rings. The molecule has 0 unspecified atom stereocenters. The first kappa shape index (κ1) is 9.52. The summed E-state index contributed by atoms with van der Waals surface area (Å²) in [7, 11) is 0. The van der Waals surface area contributed by atoms with Crippen molar-refractivity contribution < 1.29 is 4.74 Å². The molecule has 0 amide bonds. The standard InChI is InChI=1S/C10H17N3O/c11-10-6-13(7-12-10)8-14-9-4-2-1-3-5-9/h6-7,9H,1-5,8,11H2. The Morgan fingerprint density at radius 1 is 1.43 bits per heavy atom. The van der Waals surface area contributed by atoms with Gasteiger partial charge >= 0.3 is 0 Å². The summed E-state index contributed by atoms with van der Waals surface area (Å²) >= 11 is 0. The summed E-state index contributed by atoms with van der Waals surface area (Å²) in [5, 5.41) is 0. The van der Waals surface area contributed by atoms with Gasteiger partial charge < -0.3 is 15.0 Å². The van der Waals surface area contributed by atoms with E-state index in [9.17, 15) is 0 Å². The molecular formula is C10H17N3O. The van der Waals surface area contributed by atoms with Crippen LogP contribution in [0, 0.1) is 0 Å². The number of anilines is 1. The van der Waals surface area contributed by atoms with Crippen LogP contribution in [0.4, 0.5) is 5.82 Å². The van der Waals surface area contributed by atoms with Crippen LogP contribution in [0.3, 0.4) is 0 Å². The number of hydrogen-bond donors (Lipinski definition) is 1. The molecule has 0 spiro atoms. The van der Waals surface area contributed by atoms with Crippen molar-refractivity contribution in [3.05, 3.63) is 12.5 Å². The van der Waals surface area contributed by atoms with Gasteiger partial charge in [0.2, 0.25) is 0 Å². The second-order valence-corrected chi connectivity index (χ2v) is 3.87. The highest BCUT2D eigenvalue weighted by molar-refractivity contribution is 5.22. The molecule has 0 saturated heterocycles. The molecule has 1 heterocycles. The van der Waals surface area contributed by atoms with Gasteiger partial charge in [0, 0.05) is 6.20 Å². The highest BCUT2D eigenvalue weighted by atomic mass is 16.5. The average molecular weight is 195 g/mol. The van der Waals surface area contributed by atoms with Gasteiger partial charge in [0.25, 0.3) is 0 Å². The van der Waals surface area contributed by atoms with Crippen LogP contribution in [-0.4, -0.2) is 15.7 Å². The zero-order valence-corrected chi connectivity index (χ0v) is 8.35. The fourth-order valence-electron chi connectivity index (χ4n) is 1.87. The van der Waals surface area contributed by atoms with Gasteiger partial charge in [0.1, 0.15) is 12.5 Å². The van der Waals surface area contributed by atoms with E-state index < -0.39 is 0 Å². The van der Waals surface area contributed by atoms with Crippen LogP contribution in [0.1, 0.15) is 32.1 Å². The highest BCUT2D eigenvalue weighted by Gasteiger charge is 2.13. The molecule has 0 bridgehead atoms. The summed E-state index contributed by atoms with van der Waals surface area (Å²) in [5.74, 6) is 0.553. The van der Waals surface area contributed by atoms with E-state index in [1.807, 2.05) is 4.57 Å². The van der Waals surface area contributed by atoms with E-state index >= 15 is 0 Å². The fourth-order valence-corrected chi connectivity index (χ4v) is 1.87. The lowest BCUT2D eigenvalue weighted by atomic mass is 9.98. The third kappa shape index (κ3) is 2.48. The van der Waals surface area contributed by atoms with Crippen LogP contribution in [0.25, 0.3) is 0 Å². The number of ether oxygens (including phenoxy) is 1. The van der Waals surface area contributed by atoms with Gasteiger partial charge in [-0.3, -0.25) is 0 Å². The monoisotopic (exact) mass is 195 g/mol. The molecule has 1 saturated carbocycles.